The molecule has 0 aromatic heterocycles. The van der Waals surface area contributed by atoms with E-state index in [-0.39, 0.29) is 5.78 Å². The van der Waals surface area contributed by atoms with E-state index in [1.807, 2.05) is 30.2 Å². The van der Waals surface area contributed by atoms with Crippen molar-refractivity contribution in [2.75, 3.05) is 13.6 Å². The van der Waals surface area contributed by atoms with Crippen LogP contribution >= 0.6 is 0 Å². The van der Waals surface area contributed by atoms with Crippen LogP contribution in [0.1, 0.15) is 6.92 Å². The molecule has 2 nitrogen and oxygen atoms in total. The van der Waals surface area contributed by atoms with Gasteiger partial charge in [0.25, 0.3) is 0 Å². The maximum atomic E-state index is 10.9. The normalized spacial score (nSPS) is 17.0. The van der Waals surface area contributed by atoms with E-state index in [4.69, 9.17) is 0 Å². The number of hydrogen-bond acceptors (Lipinski definition) is 2. The molecular formula is C8H11NO. The first-order valence-corrected chi connectivity index (χ1v) is 3.30. The first-order chi connectivity index (χ1) is 4.72. The highest BCUT2D eigenvalue weighted by Crippen LogP contribution is 2.06. The van der Waals surface area contributed by atoms with Gasteiger partial charge in [-0.05, 0) is 6.08 Å². The predicted octanol–water partition coefficient (Wildman–Crippen LogP) is 0.961. The summed E-state index contributed by atoms with van der Waals surface area (Å²) in [7, 11) is 1.91. The fraction of sp³-hybridized carbons (Fsp3) is 0.375. The van der Waals surface area contributed by atoms with E-state index in [1.165, 1.54) is 0 Å². The van der Waals surface area contributed by atoms with Gasteiger partial charge in [-0.25, -0.2) is 0 Å². The van der Waals surface area contributed by atoms with E-state index >= 15 is 0 Å². The number of likely N-dealkylation sites (N-methyl/N-ethyl adjacent to an activating group) is 1. The second kappa shape index (κ2) is 2.69. The maximum Gasteiger partial charge on any atom is 0.175 e. The molecule has 1 rings (SSSR count). The molecule has 0 amide bonds. The Kier molecular flexibility index (Phi) is 1.90. The van der Waals surface area contributed by atoms with E-state index in [0.29, 0.717) is 0 Å². The molecule has 54 valence electrons. The first-order valence-electron chi connectivity index (χ1n) is 3.30. The molecule has 1 aliphatic heterocycles. The second-order valence-corrected chi connectivity index (χ2v) is 2.42. The third-order valence-corrected chi connectivity index (χ3v) is 1.54. The van der Waals surface area contributed by atoms with Crippen LogP contribution in [0.25, 0.3) is 0 Å². The lowest BCUT2D eigenvalue weighted by Gasteiger charge is -2.20. The summed E-state index contributed by atoms with van der Waals surface area (Å²) < 4.78 is 0. The third-order valence-electron chi connectivity index (χ3n) is 1.54. The lowest BCUT2D eigenvalue weighted by molar-refractivity contribution is -0.114. The van der Waals surface area contributed by atoms with Crippen molar-refractivity contribution in [1.82, 2.24) is 4.90 Å². The van der Waals surface area contributed by atoms with Crippen LogP contribution in [-0.2, 0) is 4.79 Å². The molecule has 0 aliphatic carbocycles. The molecule has 1 heterocycles. The van der Waals surface area contributed by atoms with Gasteiger partial charge in [0, 0.05) is 20.5 Å². The summed E-state index contributed by atoms with van der Waals surface area (Å²) >= 11 is 0. The number of hydrogen-bond donors (Lipinski definition) is 0. The Morgan fingerprint density at radius 1 is 1.70 bits per heavy atom. The summed E-state index contributed by atoms with van der Waals surface area (Å²) in [5.74, 6) is 0.131. The minimum atomic E-state index is 0.131. The Hall–Kier alpha value is -1.05. The average molecular weight is 137 g/mol. The van der Waals surface area contributed by atoms with Crippen LogP contribution in [-0.4, -0.2) is 24.3 Å². The molecule has 0 aromatic carbocycles. The van der Waals surface area contributed by atoms with Gasteiger partial charge in [0.1, 0.15) is 0 Å². The van der Waals surface area contributed by atoms with Crippen molar-refractivity contribution in [1.29, 1.82) is 0 Å². The van der Waals surface area contributed by atoms with Gasteiger partial charge in [0.15, 0.2) is 5.78 Å². The summed E-state index contributed by atoms with van der Waals surface area (Å²) in [5.41, 5.74) is 0.794. The lowest BCUT2D eigenvalue weighted by atomic mass is 10.2. The molecule has 0 spiro atoms. The Morgan fingerprint density at radius 2 is 2.40 bits per heavy atom. The van der Waals surface area contributed by atoms with Gasteiger partial charge in [0.05, 0.1) is 5.70 Å². The van der Waals surface area contributed by atoms with Gasteiger partial charge in [-0.2, -0.15) is 0 Å². The third kappa shape index (κ3) is 1.26. The lowest BCUT2D eigenvalue weighted by Crippen LogP contribution is -2.23. The van der Waals surface area contributed by atoms with Gasteiger partial charge in [0.2, 0.25) is 0 Å². The number of carbonyl (C=O) groups excluding carboxylic acids is 1. The van der Waals surface area contributed by atoms with E-state index < -0.39 is 0 Å². The van der Waals surface area contributed by atoms with Gasteiger partial charge < -0.3 is 4.90 Å². The molecule has 10 heavy (non-hydrogen) atoms. The topological polar surface area (TPSA) is 20.3 Å². The summed E-state index contributed by atoms with van der Waals surface area (Å²) in [6.45, 7) is 2.42. The van der Waals surface area contributed by atoms with Crippen LogP contribution in [0.2, 0.25) is 0 Å². The molecular weight excluding hydrogens is 126 g/mol. The fourth-order valence-corrected chi connectivity index (χ4v) is 0.990. The highest BCUT2D eigenvalue weighted by atomic mass is 16.1. The van der Waals surface area contributed by atoms with E-state index in [1.54, 1.807) is 6.92 Å². The van der Waals surface area contributed by atoms with Gasteiger partial charge in [-0.15, -0.1) is 0 Å². The maximum absolute atomic E-state index is 10.9. The molecule has 1 aliphatic rings. The summed E-state index contributed by atoms with van der Waals surface area (Å²) in [6, 6.07) is 0. The molecule has 0 bridgehead atoms. The van der Waals surface area contributed by atoms with Crippen LogP contribution in [0.4, 0.5) is 0 Å². The first kappa shape index (κ1) is 7.06. The molecule has 0 saturated carbocycles. The van der Waals surface area contributed by atoms with Crippen LogP contribution in [0.3, 0.4) is 0 Å². The smallest absolute Gasteiger partial charge is 0.175 e. The Morgan fingerprint density at radius 3 is 2.80 bits per heavy atom. The molecule has 0 N–H and O–H groups in total. The minimum Gasteiger partial charge on any atom is -0.368 e. The van der Waals surface area contributed by atoms with Crippen molar-refractivity contribution in [3.63, 3.8) is 0 Å². The summed E-state index contributed by atoms with van der Waals surface area (Å²) in [4.78, 5) is 12.8. The zero-order chi connectivity index (χ0) is 7.56. The average Bonchev–Trinajstić information content (AvgIpc) is 1.88. The van der Waals surface area contributed by atoms with Crippen LogP contribution in [0.5, 0.6) is 0 Å². The summed E-state index contributed by atoms with van der Waals surface area (Å²) in [5, 5.41) is 0. The number of nitrogens with zero attached hydrogens (tertiary/aromatic N) is 1. The SMILES string of the molecule is CC(=O)C1=CC=CCN1C. The Balaban J connectivity index is 2.80. The van der Waals surface area contributed by atoms with Crippen LogP contribution in [0, 0.1) is 0 Å². The van der Waals surface area contributed by atoms with E-state index in [9.17, 15) is 4.79 Å². The van der Waals surface area contributed by atoms with Gasteiger partial charge >= 0.3 is 0 Å². The van der Waals surface area contributed by atoms with Crippen molar-refractivity contribution < 1.29 is 4.79 Å². The minimum absolute atomic E-state index is 0.131. The highest BCUT2D eigenvalue weighted by Gasteiger charge is 2.08. The molecule has 0 atom stereocenters. The zero-order valence-corrected chi connectivity index (χ0v) is 6.29. The number of Topliss-reactive ketones (excluding diaryl/α,β-unsaturated/α-hetero) is 1. The standard InChI is InChI=1S/C8H11NO/c1-7(10)8-5-3-4-6-9(8)2/h3-5H,6H2,1-2H3. The molecule has 0 saturated heterocycles. The largest absolute Gasteiger partial charge is 0.368 e. The number of allylic oxidation sites excluding steroid dienone is 3. The van der Waals surface area contributed by atoms with Crippen molar-refractivity contribution in [2.45, 2.75) is 6.92 Å². The molecule has 0 fully saturated rings. The van der Waals surface area contributed by atoms with E-state index in [2.05, 4.69) is 0 Å². The monoisotopic (exact) mass is 137 g/mol. The molecule has 0 unspecified atom stereocenters. The number of rotatable bonds is 1. The quantitative estimate of drug-likeness (QED) is 0.536. The summed E-state index contributed by atoms with van der Waals surface area (Å²) in [6.07, 6.45) is 5.77. The fourth-order valence-electron chi connectivity index (χ4n) is 0.990. The predicted molar refractivity (Wildman–Crippen MR) is 40.5 cm³/mol. The van der Waals surface area contributed by atoms with Crippen molar-refractivity contribution in [2.24, 2.45) is 0 Å². The zero-order valence-electron chi connectivity index (χ0n) is 6.29. The second-order valence-electron chi connectivity index (χ2n) is 2.42. The van der Waals surface area contributed by atoms with Crippen molar-refractivity contribution in [3.8, 4) is 0 Å². The Bertz CT molecular complexity index is 203. The van der Waals surface area contributed by atoms with Gasteiger partial charge in [-0.1, -0.05) is 12.2 Å². The molecule has 0 aromatic rings. The molecule has 2 heteroatoms. The van der Waals surface area contributed by atoms with Crippen molar-refractivity contribution >= 4 is 5.78 Å². The van der Waals surface area contributed by atoms with Crippen LogP contribution in [0.15, 0.2) is 23.9 Å². The Labute approximate surface area is 60.8 Å². The number of carbonyl (C=O) groups is 1. The molecule has 0 radical (unpaired) electrons. The van der Waals surface area contributed by atoms with E-state index in [0.717, 1.165) is 12.2 Å². The van der Waals surface area contributed by atoms with Crippen LogP contribution < -0.4 is 0 Å². The number of ketones is 1. The highest BCUT2D eigenvalue weighted by molar-refractivity contribution is 5.93. The van der Waals surface area contributed by atoms with Gasteiger partial charge in [-0.3, -0.25) is 4.79 Å². The van der Waals surface area contributed by atoms with Crippen molar-refractivity contribution in [3.05, 3.63) is 23.9 Å².